The number of furan rings is 1. The highest BCUT2D eigenvalue weighted by molar-refractivity contribution is 6.21. The number of nitrogens with one attached hydrogen (secondary N) is 1. The van der Waals surface area contributed by atoms with Crippen LogP contribution in [0.25, 0.3) is 0 Å². The van der Waals surface area contributed by atoms with E-state index in [2.05, 4.69) is 5.32 Å². The van der Waals surface area contributed by atoms with E-state index in [9.17, 15) is 19.5 Å². The highest BCUT2D eigenvalue weighted by Crippen LogP contribution is 2.22. The molecule has 136 valence electrons. The Hall–Kier alpha value is -2.93. The van der Waals surface area contributed by atoms with Crippen LogP contribution in [0.15, 0.2) is 47.1 Å². The van der Waals surface area contributed by atoms with Gasteiger partial charge in [0.1, 0.15) is 11.9 Å². The van der Waals surface area contributed by atoms with Gasteiger partial charge in [-0.2, -0.15) is 0 Å². The molecule has 1 aromatic carbocycles. The lowest BCUT2D eigenvalue weighted by Crippen LogP contribution is -2.32. The molecule has 0 saturated heterocycles. The molecule has 1 aliphatic heterocycles. The van der Waals surface area contributed by atoms with Gasteiger partial charge in [-0.1, -0.05) is 12.1 Å². The van der Waals surface area contributed by atoms with Crippen LogP contribution in [0.3, 0.4) is 0 Å². The summed E-state index contributed by atoms with van der Waals surface area (Å²) in [6, 6.07) is 10.1. The summed E-state index contributed by atoms with van der Waals surface area (Å²) >= 11 is 0. The number of benzene rings is 1. The van der Waals surface area contributed by atoms with Gasteiger partial charge < -0.3 is 14.8 Å². The fraction of sp³-hybridized carbons (Fsp3) is 0.316. The van der Waals surface area contributed by atoms with E-state index in [0.717, 1.165) is 0 Å². The largest absolute Gasteiger partial charge is 0.467 e. The Morgan fingerprint density at radius 1 is 1.12 bits per heavy atom. The van der Waals surface area contributed by atoms with Crippen LogP contribution >= 0.6 is 0 Å². The minimum atomic E-state index is -0.761. The van der Waals surface area contributed by atoms with Gasteiger partial charge in [0.05, 0.1) is 17.4 Å². The highest BCUT2D eigenvalue weighted by atomic mass is 16.4. The first kappa shape index (κ1) is 17.9. The van der Waals surface area contributed by atoms with Gasteiger partial charge in [-0.05, 0) is 37.1 Å². The Bertz CT molecular complexity index is 765. The number of imide groups is 1. The Kier molecular flexibility index (Phi) is 5.48. The third kappa shape index (κ3) is 3.83. The topological polar surface area (TPSA) is 99.9 Å². The maximum absolute atomic E-state index is 12.2. The molecular formula is C19H20N2O5. The standard InChI is InChI=1S/C19H20N2O5/c22-15(16-7-4-12-26-16)9-10-20-17(23)8-3-11-21-18(24)13-5-1-2-6-14(13)19(21)25/h1-2,4-7,12,15,22H,3,8-11H2,(H,20,23). The van der Waals surface area contributed by atoms with Crippen LogP contribution in [0.1, 0.15) is 51.8 Å². The molecule has 3 rings (SSSR count). The number of hydrogen-bond donors (Lipinski definition) is 2. The Balaban J connectivity index is 1.38. The van der Waals surface area contributed by atoms with Crippen molar-refractivity contribution >= 4 is 17.7 Å². The van der Waals surface area contributed by atoms with Crippen LogP contribution in [-0.2, 0) is 4.79 Å². The molecule has 1 atom stereocenters. The normalized spacial score (nSPS) is 14.4. The minimum Gasteiger partial charge on any atom is -0.467 e. The monoisotopic (exact) mass is 356 g/mol. The Morgan fingerprint density at radius 3 is 2.42 bits per heavy atom. The van der Waals surface area contributed by atoms with Crippen molar-refractivity contribution in [3.8, 4) is 0 Å². The van der Waals surface area contributed by atoms with Gasteiger partial charge in [0.15, 0.2) is 0 Å². The summed E-state index contributed by atoms with van der Waals surface area (Å²) < 4.78 is 5.09. The number of amides is 3. The molecule has 3 amide bonds. The molecule has 0 saturated carbocycles. The van der Waals surface area contributed by atoms with Crippen LogP contribution in [0.4, 0.5) is 0 Å². The Morgan fingerprint density at radius 2 is 1.81 bits per heavy atom. The fourth-order valence-electron chi connectivity index (χ4n) is 2.90. The van der Waals surface area contributed by atoms with E-state index in [0.29, 0.717) is 36.3 Å². The zero-order valence-electron chi connectivity index (χ0n) is 14.2. The van der Waals surface area contributed by atoms with E-state index in [1.165, 1.54) is 11.2 Å². The van der Waals surface area contributed by atoms with Crippen molar-refractivity contribution in [1.82, 2.24) is 10.2 Å². The molecule has 0 radical (unpaired) electrons. The molecule has 7 heteroatoms. The molecule has 0 bridgehead atoms. The van der Waals surface area contributed by atoms with Crippen LogP contribution < -0.4 is 5.32 Å². The molecule has 2 aromatic rings. The van der Waals surface area contributed by atoms with Crippen LogP contribution in [-0.4, -0.2) is 40.8 Å². The quantitative estimate of drug-likeness (QED) is 0.704. The SMILES string of the molecule is O=C(CCCN1C(=O)c2ccccc2C1=O)NCCC(O)c1ccco1. The lowest BCUT2D eigenvalue weighted by molar-refractivity contribution is -0.121. The first-order valence-electron chi connectivity index (χ1n) is 8.51. The summed E-state index contributed by atoms with van der Waals surface area (Å²) in [7, 11) is 0. The summed E-state index contributed by atoms with van der Waals surface area (Å²) in [5, 5.41) is 12.6. The highest BCUT2D eigenvalue weighted by Gasteiger charge is 2.34. The number of rotatable bonds is 8. The molecule has 0 aliphatic carbocycles. The molecule has 1 aliphatic rings. The van der Waals surface area contributed by atoms with Gasteiger partial charge in [-0.3, -0.25) is 19.3 Å². The summed E-state index contributed by atoms with van der Waals surface area (Å²) in [4.78, 5) is 37.5. The smallest absolute Gasteiger partial charge is 0.261 e. The van der Waals surface area contributed by atoms with Crippen LogP contribution in [0, 0.1) is 0 Å². The molecule has 1 unspecified atom stereocenters. The van der Waals surface area contributed by atoms with Gasteiger partial charge in [-0.15, -0.1) is 0 Å². The first-order valence-corrected chi connectivity index (χ1v) is 8.51. The van der Waals surface area contributed by atoms with Crippen molar-refractivity contribution in [2.24, 2.45) is 0 Å². The maximum Gasteiger partial charge on any atom is 0.261 e. The van der Waals surface area contributed by atoms with Crippen molar-refractivity contribution in [3.63, 3.8) is 0 Å². The number of aliphatic hydroxyl groups excluding tert-OH is 1. The number of carbonyl (C=O) groups excluding carboxylic acids is 3. The zero-order chi connectivity index (χ0) is 18.5. The molecule has 1 aromatic heterocycles. The lowest BCUT2D eigenvalue weighted by Gasteiger charge is -2.13. The lowest BCUT2D eigenvalue weighted by atomic mass is 10.1. The third-order valence-corrected chi connectivity index (χ3v) is 4.28. The van der Waals surface area contributed by atoms with E-state index in [1.54, 1.807) is 36.4 Å². The van der Waals surface area contributed by atoms with Gasteiger partial charge in [0.2, 0.25) is 5.91 Å². The van der Waals surface area contributed by atoms with Gasteiger partial charge in [0, 0.05) is 19.5 Å². The van der Waals surface area contributed by atoms with Gasteiger partial charge >= 0.3 is 0 Å². The Labute approximate surface area is 150 Å². The molecule has 7 nitrogen and oxygen atoms in total. The number of carbonyl (C=O) groups is 3. The van der Waals surface area contributed by atoms with Crippen molar-refractivity contribution in [2.75, 3.05) is 13.1 Å². The zero-order valence-corrected chi connectivity index (χ0v) is 14.2. The first-order chi connectivity index (χ1) is 12.6. The second-order valence-corrected chi connectivity index (χ2v) is 6.08. The van der Waals surface area contributed by atoms with Crippen molar-refractivity contribution in [1.29, 1.82) is 0 Å². The molecule has 0 spiro atoms. The van der Waals surface area contributed by atoms with Crippen LogP contribution in [0.5, 0.6) is 0 Å². The number of nitrogens with zero attached hydrogens (tertiary/aromatic N) is 1. The second-order valence-electron chi connectivity index (χ2n) is 6.08. The van der Waals surface area contributed by atoms with Gasteiger partial charge in [0.25, 0.3) is 11.8 Å². The molecule has 2 N–H and O–H groups in total. The summed E-state index contributed by atoms with van der Waals surface area (Å²) in [6.45, 7) is 0.516. The van der Waals surface area contributed by atoms with E-state index in [4.69, 9.17) is 4.42 Å². The number of fused-ring (bicyclic) bond motifs is 1. The maximum atomic E-state index is 12.2. The molecule has 2 heterocycles. The summed E-state index contributed by atoms with van der Waals surface area (Å²) in [5.74, 6) is -0.349. The third-order valence-electron chi connectivity index (χ3n) is 4.28. The number of hydrogen-bond acceptors (Lipinski definition) is 5. The van der Waals surface area contributed by atoms with Gasteiger partial charge in [-0.25, -0.2) is 0 Å². The van der Waals surface area contributed by atoms with E-state index >= 15 is 0 Å². The van der Waals surface area contributed by atoms with Crippen molar-refractivity contribution in [2.45, 2.75) is 25.4 Å². The average Bonchev–Trinajstić information content (AvgIpc) is 3.25. The predicted molar refractivity (Wildman–Crippen MR) is 92.3 cm³/mol. The van der Waals surface area contributed by atoms with E-state index in [1.807, 2.05) is 0 Å². The summed E-state index contributed by atoms with van der Waals surface area (Å²) in [5.41, 5.74) is 0.822. The molecule has 26 heavy (non-hydrogen) atoms. The predicted octanol–water partition coefficient (Wildman–Crippen LogP) is 1.90. The average molecular weight is 356 g/mol. The minimum absolute atomic E-state index is 0.187. The molecule has 0 fully saturated rings. The second kappa shape index (κ2) is 7.97. The van der Waals surface area contributed by atoms with Crippen molar-refractivity contribution < 1.29 is 23.9 Å². The van der Waals surface area contributed by atoms with Crippen LogP contribution in [0.2, 0.25) is 0 Å². The number of aliphatic hydroxyl groups is 1. The fourth-order valence-corrected chi connectivity index (χ4v) is 2.90. The van der Waals surface area contributed by atoms with Crippen molar-refractivity contribution in [3.05, 3.63) is 59.5 Å². The molecular weight excluding hydrogens is 336 g/mol. The van der Waals surface area contributed by atoms with E-state index < -0.39 is 6.10 Å². The van der Waals surface area contributed by atoms with E-state index in [-0.39, 0.29) is 30.7 Å². The summed E-state index contributed by atoms with van der Waals surface area (Å²) in [6.07, 6.45) is 1.65.